The van der Waals surface area contributed by atoms with E-state index in [-0.39, 0.29) is 18.9 Å². The minimum atomic E-state index is -1.07. The van der Waals surface area contributed by atoms with Crippen molar-refractivity contribution in [1.29, 1.82) is 0 Å². The third-order valence-corrected chi connectivity index (χ3v) is 3.27. The molecule has 1 atom stereocenters. The zero-order valence-corrected chi connectivity index (χ0v) is 12.4. The summed E-state index contributed by atoms with van der Waals surface area (Å²) in [5.74, 6) is -0.945. The first-order valence-electron chi connectivity index (χ1n) is 6.00. The summed E-state index contributed by atoms with van der Waals surface area (Å²) in [6.07, 6.45) is 0.622. The van der Waals surface area contributed by atoms with Crippen LogP contribution in [-0.2, 0) is 9.59 Å². The monoisotopic (exact) mass is 319 g/mol. The Morgan fingerprint density at radius 3 is 2.75 bits per heavy atom. The summed E-state index contributed by atoms with van der Waals surface area (Å²) in [6, 6.07) is 4.15. The highest BCUT2D eigenvalue weighted by Gasteiger charge is 2.13. The van der Waals surface area contributed by atoms with Crippen molar-refractivity contribution in [2.24, 2.45) is 0 Å². The molecule has 1 rings (SSSR count). The lowest BCUT2D eigenvalue weighted by Gasteiger charge is -2.10. The van der Waals surface area contributed by atoms with Gasteiger partial charge >= 0.3 is 5.97 Å². The number of ether oxygens (including phenoxy) is 1. The molecule has 0 aliphatic heterocycles. The van der Waals surface area contributed by atoms with E-state index in [1.807, 2.05) is 0 Å². The molecule has 0 heterocycles. The fourth-order valence-corrected chi connectivity index (χ4v) is 1.73. The second kappa shape index (κ2) is 7.97. The van der Waals surface area contributed by atoms with Gasteiger partial charge in [0.1, 0.15) is 16.8 Å². The number of carbonyl (C=O) groups excluding carboxylic acids is 1. The fraction of sp³-hybridized carbons (Fsp3) is 0.385. The molecule has 7 heteroatoms. The molecule has 0 spiro atoms. The smallest absolute Gasteiger partial charge is 0.325 e. The molecule has 2 N–H and O–H groups in total. The number of halogens is 2. The van der Waals surface area contributed by atoms with Gasteiger partial charge < -0.3 is 15.2 Å². The third kappa shape index (κ3) is 5.27. The minimum Gasteiger partial charge on any atom is -0.492 e. The van der Waals surface area contributed by atoms with Crippen LogP contribution in [0.2, 0.25) is 10.0 Å². The van der Waals surface area contributed by atoms with Crippen LogP contribution >= 0.6 is 23.2 Å². The Hall–Kier alpha value is -1.46. The van der Waals surface area contributed by atoms with Gasteiger partial charge in [0.2, 0.25) is 5.91 Å². The predicted molar refractivity (Wildman–Crippen MR) is 76.4 cm³/mol. The van der Waals surface area contributed by atoms with E-state index >= 15 is 0 Å². The molecule has 1 amide bonds. The SMILES string of the molecule is CC(NC(=O)CCCOc1cccc(Cl)c1Cl)C(=O)O. The van der Waals surface area contributed by atoms with Crippen LogP contribution in [0.15, 0.2) is 18.2 Å². The van der Waals surface area contributed by atoms with Crippen molar-refractivity contribution in [3.63, 3.8) is 0 Å². The van der Waals surface area contributed by atoms with Gasteiger partial charge in [-0.05, 0) is 25.5 Å². The van der Waals surface area contributed by atoms with Crippen molar-refractivity contribution in [2.45, 2.75) is 25.8 Å². The Morgan fingerprint density at radius 1 is 1.40 bits per heavy atom. The average molecular weight is 320 g/mol. The van der Waals surface area contributed by atoms with Gasteiger partial charge in [-0.2, -0.15) is 0 Å². The first kappa shape index (κ1) is 16.6. The summed E-state index contributed by atoms with van der Waals surface area (Å²) in [7, 11) is 0. The molecular weight excluding hydrogens is 305 g/mol. The zero-order valence-electron chi connectivity index (χ0n) is 10.9. The van der Waals surface area contributed by atoms with Gasteiger partial charge in [0.15, 0.2) is 0 Å². The van der Waals surface area contributed by atoms with E-state index in [0.29, 0.717) is 22.2 Å². The molecule has 0 saturated heterocycles. The highest BCUT2D eigenvalue weighted by atomic mass is 35.5. The molecule has 0 bridgehead atoms. The number of nitrogens with one attached hydrogen (secondary N) is 1. The number of hydrogen-bond acceptors (Lipinski definition) is 3. The Balaban J connectivity index is 2.30. The van der Waals surface area contributed by atoms with Crippen molar-refractivity contribution in [3.05, 3.63) is 28.2 Å². The molecule has 20 heavy (non-hydrogen) atoms. The van der Waals surface area contributed by atoms with Gasteiger partial charge in [0.05, 0.1) is 11.6 Å². The number of carbonyl (C=O) groups is 2. The van der Waals surface area contributed by atoms with Crippen LogP contribution in [0, 0.1) is 0 Å². The van der Waals surface area contributed by atoms with Crippen molar-refractivity contribution in [1.82, 2.24) is 5.32 Å². The maximum atomic E-state index is 11.4. The third-order valence-electron chi connectivity index (χ3n) is 2.47. The molecule has 0 fully saturated rings. The maximum absolute atomic E-state index is 11.4. The number of aliphatic carboxylic acids is 1. The molecule has 5 nitrogen and oxygen atoms in total. The van der Waals surface area contributed by atoms with Gasteiger partial charge in [-0.3, -0.25) is 9.59 Å². The lowest BCUT2D eigenvalue weighted by atomic mass is 10.2. The maximum Gasteiger partial charge on any atom is 0.325 e. The second-order valence-electron chi connectivity index (χ2n) is 4.13. The van der Waals surface area contributed by atoms with E-state index < -0.39 is 12.0 Å². The first-order chi connectivity index (χ1) is 9.41. The first-order valence-corrected chi connectivity index (χ1v) is 6.76. The highest BCUT2D eigenvalue weighted by Crippen LogP contribution is 2.31. The van der Waals surface area contributed by atoms with Gasteiger partial charge in [-0.15, -0.1) is 0 Å². The summed E-state index contributed by atoms with van der Waals surface area (Å²) < 4.78 is 5.41. The van der Waals surface area contributed by atoms with E-state index in [9.17, 15) is 9.59 Å². The molecule has 0 saturated carbocycles. The molecule has 0 aromatic heterocycles. The number of benzene rings is 1. The topological polar surface area (TPSA) is 75.6 Å². The Kier molecular flexibility index (Phi) is 6.61. The van der Waals surface area contributed by atoms with Crippen LogP contribution in [0.25, 0.3) is 0 Å². The summed E-state index contributed by atoms with van der Waals surface area (Å²) >= 11 is 11.8. The molecule has 0 aliphatic rings. The molecular formula is C13H15Cl2NO4. The normalized spacial score (nSPS) is 11.8. The quantitative estimate of drug-likeness (QED) is 0.758. The fourth-order valence-electron chi connectivity index (χ4n) is 1.39. The number of carboxylic acids is 1. The molecule has 110 valence electrons. The van der Waals surface area contributed by atoms with Crippen LogP contribution < -0.4 is 10.1 Å². The predicted octanol–water partition coefficient (Wildman–Crippen LogP) is 2.74. The van der Waals surface area contributed by atoms with Crippen LogP contribution in [0.1, 0.15) is 19.8 Å². The lowest BCUT2D eigenvalue weighted by Crippen LogP contribution is -2.38. The van der Waals surface area contributed by atoms with Gasteiger partial charge in [-0.25, -0.2) is 0 Å². The highest BCUT2D eigenvalue weighted by molar-refractivity contribution is 6.42. The van der Waals surface area contributed by atoms with Crippen LogP contribution in [0.5, 0.6) is 5.75 Å². The molecule has 0 radical (unpaired) electrons. The largest absolute Gasteiger partial charge is 0.492 e. The Morgan fingerprint density at radius 2 is 2.10 bits per heavy atom. The van der Waals surface area contributed by atoms with E-state index in [1.54, 1.807) is 18.2 Å². The molecule has 1 unspecified atom stereocenters. The summed E-state index contributed by atoms with van der Waals surface area (Å²) in [5, 5.41) is 11.7. The van der Waals surface area contributed by atoms with Crippen LogP contribution in [-0.4, -0.2) is 29.6 Å². The van der Waals surface area contributed by atoms with Gasteiger partial charge in [-0.1, -0.05) is 29.3 Å². The van der Waals surface area contributed by atoms with Crippen LogP contribution in [0.4, 0.5) is 0 Å². The van der Waals surface area contributed by atoms with Gasteiger partial charge in [0.25, 0.3) is 0 Å². The molecule has 0 aliphatic carbocycles. The number of rotatable bonds is 7. The van der Waals surface area contributed by atoms with E-state index in [1.165, 1.54) is 6.92 Å². The summed E-state index contributed by atoms with van der Waals surface area (Å²) in [4.78, 5) is 22.0. The summed E-state index contributed by atoms with van der Waals surface area (Å²) in [5.41, 5.74) is 0. The number of amides is 1. The van der Waals surface area contributed by atoms with Gasteiger partial charge in [0, 0.05) is 6.42 Å². The number of carboxylic acid groups (broad SMARTS) is 1. The van der Waals surface area contributed by atoms with Crippen molar-refractivity contribution < 1.29 is 19.4 Å². The number of hydrogen-bond donors (Lipinski definition) is 2. The Bertz CT molecular complexity index is 493. The van der Waals surface area contributed by atoms with E-state index in [0.717, 1.165) is 0 Å². The van der Waals surface area contributed by atoms with E-state index in [2.05, 4.69) is 5.32 Å². The average Bonchev–Trinajstić information content (AvgIpc) is 2.39. The standard InChI is InChI=1S/C13H15Cl2NO4/c1-8(13(18)19)16-11(17)6-3-7-20-10-5-2-4-9(14)12(10)15/h2,4-5,8H,3,6-7H2,1H3,(H,16,17)(H,18,19). The minimum absolute atomic E-state index is 0.176. The van der Waals surface area contributed by atoms with E-state index in [4.69, 9.17) is 33.0 Å². The van der Waals surface area contributed by atoms with Crippen molar-refractivity contribution >= 4 is 35.1 Å². The van der Waals surface area contributed by atoms with Crippen molar-refractivity contribution in [3.8, 4) is 5.75 Å². The van der Waals surface area contributed by atoms with Crippen LogP contribution in [0.3, 0.4) is 0 Å². The Labute approximate surface area is 126 Å². The summed E-state index contributed by atoms with van der Waals surface area (Å²) in [6.45, 7) is 1.69. The molecule has 1 aromatic rings. The lowest BCUT2D eigenvalue weighted by molar-refractivity contribution is -0.141. The van der Waals surface area contributed by atoms with Crippen molar-refractivity contribution in [2.75, 3.05) is 6.61 Å². The zero-order chi connectivity index (χ0) is 15.1. The second-order valence-corrected chi connectivity index (χ2v) is 4.92. The molecule has 1 aromatic carbocycles.